The van der Waals surface area contributed by atoms with Gasteiger partial charge >= 0.3 is 0 Å². The van der Waals surface area contributed by atoms with Gasteiger partial charge in [-0.15, -0.1) is 0 Å². The quantitative estimate of drug-likeness (QED) is 0.775. The van der Waals surface area contributed by atoms with Gasteiger partial charge in [-0.25, -0.2) is 0 Å². The van der Waals surface area contributed by atoms with Crippen molar-refractivity contribution in [2.45, 2.75) is 6.92 Å². The van der Waals surface area contributed by atoms with Crippen molar-refractivity contribution >= 4 is 23.2 Å². The summed E-state index contributed by atoms with van der Waals surface area (Å²) in [4.78, 5) is 0. The van der Waals surface area contributed by atoms with E-state index in [0.717, 1.165) is 13.1 Å². The van der Waals surface area contributed by atoms with Crippen LogP contribution < -0.4 is 10.1 Å². The fourth-order valence-electron chi connectivity index (χ4n) is 1.05. The van der Waals surface area contributed by atoms with Crippen LogP contribution in [-0.4, -0.2) is 19.7 Å². The lowest BCUT2D eigenvalue weighted by Crippen LogP contribution is -2.84. The molecule has 0 unspecified atom stereocenters. The third-order valence-corrected chi connectivity index (χ3v) is 2.29. The van der Waals surface area contributed by atoms with Crippen LogP contribution >= 0.6 is 23.2 Å². The van der Waals surface area contributed by atoms with Gasteiger partial charge in [0, 0.05) is 5.02 Å². The first-order valence-corrected chi connectivity index (χ1v) is 5.39. The number of nitrogens with two attached hydrogens (primary N) is 1. The second kappa shape index (κ2) is 6.12. The molecule has 0 saturated carbocycles. The van der Waals surface area contributed by atoms with Crippen LogP contribution in [0.15, 0.2) is 18.2 Å². The summed E-state index contributed by atoms with van der Waals surface area (Å²) < 4.78 is 5.47. The Balaban J connectivity index is 2.42. The molecule has 1 aromatic carbocycles. The molecule has 1 aromatic rings. The summed E-state index contributed by atoms with van der Waals surface area (Å²) >= 11 is 11.7. The van der Waals surface area contributed by atoms with Gasteiger partial charge in [0.1, 0.15) is 18.9 Å². The normalized spacial score (nSPS) is 10.2. The van der Waals surface area contributed by atoms with Crippen LogP contribution in [0.2, 0.25) is 10.0 Å². The highest BCUT2D eigenvalue weighted by Gasteiger charge is 2.01. The standard InChI is InChI=1S/C10H13Cl2NO/c1-2-13-5-6-14-10-4-3-8(11)7-9(10)12/h3-4,7,13H,2,5-6H2,1H3/p+1. The summed E-state index contributed by atoms with van der Waals surface area (Å²) in [5, 5.41) is 3.36. The molecule has 0 aliphatic carbocycles. The molecule has 1 rings (SSSR count). The van der Waals surface area contributed by atoms with Crippen molar-refractivity contribution in [2.24, 2.45) is 0 Å². The van der Waals surface area contributed by atoms with E-state index < -0.39 is 0 Å². The second-order valence-corrected chi connectivity index (χ2v) is 3.75. The summed E-state index contributed by atoms with van der Waals surface area (Å²) in [7, 11) is 0. The molecule has 0 bridgehead atoms. The molecule has 0 aliphatic heterocycles. The molecule has 0 fully saturated rings. The highest BCUT2D eigenvalue weighted by molar-refractivity contribution is 6.35. The van der Waals surface area contributed by atoms with Crippen molar-refractivity contribution in [3.8, 4) is 5.75 Å². The molecule has 14 heavy (non-hydrogen) atoms. The maximum absolute atomic E-state index is 5.92. The van der Waals surface area contributed by atoms with E-state index in [1.807, 2.05) is 0 Å². The number of halogens is 2. The van der Waals surface area contributed by atoms with Crippen molar-refractivity contribution in [1.82, 2.24) is 0 Å². The number of likely N-dealkylation sites (N-methyl/N-ethyl adjacent to an activating group) is 1. The van der Waals surface area contributed by atoms with Crippen LogP contribution in [0.4, 0.5) is 0 Å². The zero-order valence-corrected chi connectivity index (χ0v) is 9.61. The second-order valence-electron chi connectivity index (χ2n) is 2.91. The molecule has 2 N–H and O–H groups in total. The molecular formula is C10H14Cl2NO+. The zero-order chi connectivity index (χ0) is 10.4. The summed E-state index contributed by atoms with van der Waals surface area (Å²) in [5.74, 6) is 0.695. The molecule has 0 spiro atoms. The van der Waals surface area contributed by atoms with Crippen LogP contribution in [0.5, 0.6) is 5.75 Å². The maximum Gasteiger partial charge on any atom is 0.138 e. The van der Waals surface area contributed by atoms with E-state index in [0.29, 0.717) is 22.4 Å². The van der Waals surface area contributed by atoms with E-state index in [-0.39, 0.29) is 0 Å². The van der Waals surface area contributed by atoms with Gasteiger partial charge in [0.2, 0.25) is 0 Å². The predicted octanol–water partition coefficient (Wildman–Crippen LogP) is 1.96. The number of hydrogen-bond donors (Lipinski definition) is 1. The zero-order valence-electron chi connectivity index (χ0n) is 8.09. The summed E-state index contributed by atoms with van der Waals surface area (Å²) in [6.07, 6.45) is 0. The third kappa shape index (κ3) is 3.74. The van der Waals surface area contributed by atoms with E-state index in [1.54, 1.807) is 18.2 Å². The Labute approximate surface area is 94.2 Å². The minimum Gasteiger partial charge on any atom is -0.486 e. The van der Waals surface area contributed by atoms with Crippen LogP contribution in [0.25, 0.3) is 0 Å². The first-order valence-electron chi connectivity index (χ1n) is 4.63. The van der Waals surface area contributed by atoms with Gasteiger partial charge in [-0.1, -0.05) is 23.2 Å². The molecular weight excluding hydrogens is 221 g/mol. The average molecular weight is 235 g/mol. The first kappa shape index (κ1) is 11.6. The lowest BCUT2D eigenvalue weighted by Gasteiger charge is -2.06. The first-order chi connectivity index (χ1) is 6.74. The highest BCUT2D eigenvalue weighted by Crippen LogP contribution is 2.27. The SMILES string of the molecule is CC[NH2+]CCOc1ccc(Cl)cc1Cl. The molecule has 4 heteroatoms. The molecule has 0 atom stereocenters. The minimum atomic E-state index is 0.564. The van der Waals surface area contributed by atoms with Gasteiger partial charge in [0.05, 0.1) is 11.6 Å². The van der Waals surface area contributed by atoms with Gasteiger partial charge in [-0.3, -0.25) is 0 Å². The lowest BCUT2D eigenvalue weighted by molar-refractivity contribution is -0.652. The Morgan fingerprint density at radius 1 is 1.36 bits per heavy atom. The van der Waals surface area contributed by atoms with Crippen molar-refractivity contribution < 1.29 is 10.1 Å². The van der Waals surface area contributed by atoms with Gasteiger partial charge in [0.15, 0.2) is 0 Å². The fraction of sp³-hybridized carbons (Fsp3) is 0.400. The molecule has 0 heterocycles. The Morgan fingerprint density at radius 2 is 2.14 bits per heavy atom. The van der Waals surface area contributed by atoms with E-state index >= 15 is 0 Å². The van der Waals surface area contributed by atoms with Crippen LogP contribution in [0.1, 0.15) is 6.92 Å². The molecule has 78 valence electrons. The Kier molecular flexibility index (Phi) is 5.09. The summed E-state index contributed by atoms with van der Waals surface area (Å²) in [5.41, 5.74) is 0. The number of quaternary nitrogens is 1. The number of benzene rings is 1. The Hall–Kier alpha value is -0.440. The molecule has 0 saturated heterocycles. The Bertz CT molecular complexity index is 291. The molecule has 0 radical (unpaired) electrons. The maximum atomic E-state index is 5.92. The highest BCUT2D eigenvalue weighted by atomic mass is 35.5. The molecule has 0 aromatic heterocycles. The lowest BCUT2D eigenvalue weighted by atomic mass is 10.3. The summed E-state index contributed by atoms with van der Waals surface area (Å²) in [6, 6.07) is 5.24. The fourth-order valence-corrected chi connectivity index (χ4v) is 1.51. The van der Waals surface area contributed by atoms with Crippen LogP contribution in [0.3, 0.4) is 0 Å². The van der Waals surface area contributed by atoms with E-state index in [2.05, 4.69) is 12.2 Å². The summed E-state index contributed by atoms with van der Waals surface area (Å²) in [6.45, 7) is 4.78. The largest absolute Gasteiger partial charge is 0.486 e. The van der Waals surface area contributed by atoms with Crippen molar-refractivity contribution in [3.05, 3.63) is 28.2 Å². The number of rotatable bonds is 5. The number of hydrogen-bond acceptors (Lipinski definition) is 1. The molecule has 0 amide bonds. The average Bonchev–Trinajstić information content (AvgIpc) is 2.15. The van der Waals surface area contributed by atoms with Crippen molar-refractivity contribution in [3.63, 3.8) is 0 Å². The van der Waals surface area contributed by atoms with E-state index in [1.165, 1.54) is 0 Å². The monoisotopic (exact) mass is 234 g/mol. The predicted molar refractivity (Wildman–Crippen MR) is 59.3 cm³/mol. The van der Waals surface area contributed by atoms with Crippen LogP contribution in [0, 0.1) is 0 Å². The molecule has 0 aliphatic rings. The van der Waals surface area contributed by atoms with Gasteiger partial charge < -0.3 is 10.1 Å². The van der Waals surface area contributed by atoms with Crippen molar-refractivity contribution in [1.29, 1.82) is 0 Å². The Morgan fingerprint density at radius 3 is 2.79 bits per heavy atom. The van der Waals surface area contributed by atoms with Gasteiger partial charge in [0.25, 0.3) is 0 Å². The van der Waals surface area contributed by atoms with Crippen molar-refractivity contribution in [2.75, 3.05) is 19.7 Å². The number of ether oxygens (including phenoxy) is 1. The van der Waals surface area contributed by atoms with Gasteiger partial charge in [-0.2, -0.15) is 0 Å². The minimum absolute atomic E-state index is 0.564. The topological polar surface area (TPSA) is 25.8 Å². The van der Waals surface area contributed by atoms with E-state index in [4.69, 9.17) is 27.9 Å². The van der Waals surface area contributed by atoms with Crippen LogP contribution in [-0.2, 0) is 0 Å². The molecule has 2 nitrogen and oxygen atoms in total. The van der Waals surface area contributed by atoms with Gasteiger partial charge in [-0.05, 0) is 25.1 Å². The smallest absolute Gasteiger partial charge is 0.138 e. The third-order valence-electron chi connectivity index (χ3n) is 1.76. The van der Waals surface area contributed by atoms with E-state index in [9.17, 15) is 0 Å².